The number of pyridine rings is 1. The average Bonchev–Trinajstić information content (AvgIpc) is 3.24. The minimum Gasteiger partial charge on any atom is -0.397 e. The number of fused-ring (bicyclic) bond motifs is 2. The zero-order valence-electron chi connectivity index (χ0n) is 16.1. The van der Waals surface area contributed by atoms with Crippen molar-refractivity contribution in [2.75, 3.05) is 11.1 Å². The molecule has 0 atom stereocenters. The van der Waals surface area contributed by atoms with Gasteiger partial charge in [-0.1, -0.05) is 6.42 Å². The third kappa shape index (κ3) is 3.57. The van der Waals surface area contributed by atoms with Crippen molar-refractivity contribution in [3.05, 3.63) is 57.7 Å². The van der Waals surface area contributed by atoms with Crippen LogP contribution in [0.2, 0.25) is 0 Å². The predicted octanol–water partition coefficient (Wildman–Crippen LogP) is 5.66. The Morgan fingerprint density at radius 3 is 2.73 bits per heavy atom. The van der Waals surface area contributed by atoms with E-state index in [1.807, 2.05) is 5.38 Å². The first kappa shape index (κ1) is 19.1. The summed E-state index contributed by atoms with van der Waals surface area (Å²) in [5, 5.41) is 6.00. The Morgan fingerprint density at radius 1 is 1.10 bits per heavy atom. The number of halogens is 1. The summed E-state index contributed by atoms with van der Waals surface area (Å²) in [5.74, 6) is -0.584. The van der Waals surface area contributed by atoms with Crippen molar-refractivity contribution >= 4 is 49.6 Å². The van der Waals surface area contributed by atoms with E-state index in [9.17, 15) is 9.18 Å². The molecule has 1 aliphatic rings. The van der Waals surface area contributed by atoms with E-state index in [-0.39, 0.29) is 11.7 Å². The van der Waals surface area contributed by atoms with Crippen LogP contribution >= 0.6 is 22.7 Å². The van der Waals surface area contributed by atoms with Crippen molar-refractivity contribution < 1.29 is 9.18 Å². The van der Waals surface area contributed by atoms with E-state index in [1.165, 1.54) is 46.8 Å². The molecule has 0 aliphatic heterocycles. The van der Waals surface area contributed by atoms with Gasteiger partial charge in [0.05, 0.1) is 11.4 Å². The highest BCUT2D eigenvalue weighted by molar-refractivity contribution is 7.21. The van der Waals surface area contributed by atoms with Crippen LogP contribution in [-0.2, 0) is 12.8 Å². The van der Waals surface area contributed by atoms with Crippen LogP contribution < -0.4 is 11.1 Å². The van der Waals surface area contributed by atoms with Gasteiger partial charge in [0.25, 0.3) is 5.91 Å². The molecule has 3 aromatic heterocycles. The number of thiazole rings is 1. The number of nitrogens with two attached hydrogens (primary N) is 1. The molecule has 0 radical (unpaired) electrons. The quantitative estimate of drug-likeness (QED) is 0.404. The maximum atomic E-state index is 13.1. The van der Waals surface area contributed by atoms with E-state index in [0.29, 0.717) is 21.4 Å². The molecule has 0 bridgehead atoms. The fraction of sp³-hybridized carbons (Fsp3) is 0.227. The van der Waals surface area contributed by atoms with Crippen LogP contribution in [0.3, 0.4) is 0 Å². The molecule has 152 valence electrons. The number of nitrogens with zero attached hydrogens (tertiary/aromatic N) is 2. The maximum Gasteiger partial charge on any atom is 0.269 e. The molecule has 0 unspecified atom stereocenters. The second kappa shape index (κ2) is 7.77. The summed E-state index contributed by atoms with van der Waals surface area (Å²) < 4.78 is 13.1. The summed E-state index contributed by atoms with van der Waals surface area (Å²) in [5.41, 5.74) is 10.7. The number of hydrogen-bond donors (Lipinski definition) is 2. The zero-order valence-corrected chi connectivity index (χ0v) is 17.7. The SMILES string of the molecule is Nc1c(C(=O)Nc2nc(-c3ccc(F)cc3)cs2)sc2nc3c(cc12)CCCCC3. The molecule has 0 fully saturated rings. The van der Waals surface area contributed by atoms with Gasteiger partial charge in [0.1, 0.15) is 15.5 Å². The summed E-state index contributed by atoms with van der Waals surface area (Å²) in [6.07, 6.45) is 5.54. The highest BCUT2D eigenvalue weighted by atomic mass is 32.1. The van der Waals surface area contributed by atoms with Crippen molar-refractivity contribution in [2.45, 2.75) is 32.1 Å². The monoisotopic (exact) mass is 438 g/mol. The van der Waals surface area contributed by atoms with E-state index >= 15 is 0 Å². The zero-order chi connectivity index (χ0) is 20.7. The van der Waals surface area contributed by atoms with Crippen molar-refractivity contribution in [3.63, 3.8) is 0 Å². The van der Waals surface area contributed by atoms with Gasteiger partial charge in [-0.05, 0) is 61.6 Å². The molecule has 3 N–H and O–H groups in total. The summed E-state index contributed by atoms with van der Waals surface area (Å²) in [6, 6.07) is 8.21. The molecule has 8 heteroatoms. The highest BCUT2D eigenvalue weighted by Gasteiger charge is 2.21. The fourth-order valence-corrected chi connectivity index (χ4v) is 5.45. The van der Waals surface area contributed by atoms with E-state index < -0.39 is 0 Å². The lowest BCUT2D eigenvalue weighted by Crippen LogP contribution is -2.11. The van der Waals surface area contributed by atoms with Gasteiger partial charge in [-0.15, -0.1) is 22.7 Å². The van der Waals surface area contributed by atoms with Crippen LogP contribution in [0.15, 0.2) is 35.7 Å². The van der Waals surface area contributed by atoms with E-state index in [1.54, 1.807) is 12.1 Å². The first-order valence-corrected chi connectivity index (χ1v) is 11.5. The number of nitrogens with one attached hydrogen (secondary N) is 1. The lowest BCUT2D eigenvalue weighted by molar-refractivity contribution is 0.103. The molecule has 30 heavy (non-hydrogen) atoms. The van der Waals surface area contributed by atoms with Gasteiger partial charge < -0.3 is 5.73 Å². The molecule has 5 nitrogen and oxygen atoms in total. The summed E-state index contributed by atoms with van der Waals surface area (Å²) >= 11 is 2.64. The lowest BCUT2D eigenvalue weighted by Gasteiger charge is -2.04. The maximum absolute atomic E-state index is 13.1. The van der Waals surface area contributed by atoms with E-state index in [2.05, 4.69) is 16.4 Å². The number of carbonyl (C=O) groups is 1. The summed E-state index contributed by atoms with van der Waals surface area (Å²) in [4.78, 5) is 23.4. The molecule has 1 aromatic carbocycles. The Kier molecular flexibility index (Phi) is 4.96. The number of benzene rings is 1. The van der Waals surface area contributed by atoms with Gasteiger partial charge in [-0.3, -0.25) is 10.1 Å². The van der Waals surface area contributed by atoms with Gasteiger partial charge >= 0.3 is 0 Å². The number of anilines is 2. The third-order valence-corrected chi connectivity index (χ3v) is 7.19. The number of amides is 1. The van der Waals surface area contributed by atoms with Gasteiger partial charge in [0.15, 0.2) is 5.13 Å². The number of aryl methyl sites for hydroxylation is 2. The second-order valence-corrected chi connectivity index (χ2v) is 9.21. The molecule has 0 saturated heterocycles. The van der Waals surface area contributed by atoms with Crippen LogP contribution in [0.4, 0.5) is 15.2 Å². The molecule has 0 spiro atoms. The number of thiophene rings is 1. The molecule has 1 amide bonds. The third-order valence-electron chi connectivity index (χ3n) is 5.32. The molecular formula is C22H19FN4OS2. The Balaban J connectivity index is 1.41. The van der Waals surface area contributed by atoms with Gasteiger partial charge in [-0.25, -0.2) is 14.4 Å². The number of aromatic nitrogens is 2. The molecule has 4 aromatic rings. The molecule has 0 saturated carbocycles. The highest BCUT2D eigenvalue weighted by Crippen LogP contribution is 2.36. The van der Waals surface area contributed by atoms with Crippen LogP contribution in [0.1, 0.15) is 40.2 Å². The summed E-state index contributed by atoms with van der Waals surface area (Å²) in [7, 11) is 0. The lowest BCUT2D eigenvalue weighted by atomic mass is 10.1. The number of carbonyl (C=O) groups excluding carboxylic acids is 1. The van der Waals surface area contributed by atoms with Gasteiger partial charge in [0, 0.05) is 22.0 Å². The van der Waals surface area contributed by atoms with Gasteiger partial charge in [-0.2, -0.15) is 0 Å². The van der Waals surface area contributed by atoms with Crippen LogP contribution in [-0.4, -0.2) is 15.9 Å². The minimum atomic E-state index is -0.298. The molecule has 5 rings (SSSR count). The van der Waals surface area contributed by atoms with E-state index in [0.717, 1.165) is 47.2 Å². The van der Waals surface area contributed by atoms with Crippen molar-refractivity contribution in [1.29, 1.82) is 0 Å². The predicted molar refractivity (Wildman–Crippen MR) is 121 cm³/mol. The molecule has 1 aliphatic carbocycles. The first-order chi connectivity index (χ1) is 14.6. The van der Waals surface area contributed by atoms with Crippen molar-refractivity contribution in [3.8, 4) is 11.3 Å². The standard InChI is InChI=1S/C22H19FN4OS2/c23-14-8-6-12(7-9-14)17-11-29-22(26-17)27-20(28)19-18(24)15-10-13-4-2-1-3-5-16(13)25-21(15)30-19/h6-11H,1-5,24H2,(H,26,27,28). The smallest absolute Gasteiger partial charge is 0.269 e. The van der Waals surface area contributed by atoms with Crippen LogP contribution in [0.25, 0.3) is 21.5 Å². The first-order valence-electron chi connectivity index (χ1n) is 9.82. The summed E-state index contributed by atoms with van der Waals surface area (Å²) in [6.45, 7) is 0. The fourth-order valence-electron chi connectivity index (χ4n) is 3.74. The van der Waals surface area contributed by atoms with Crippen LogP contribution in [0.5, 0.6) is 0 Å². The Labute approximate surface area is 180 Å². The average molecular weight is 439 g/mol. The normalized spacial score (nSPS) is 13.8. The minimum absolute atomic E-state index is 0.286. The largest absolute Gasteiger partial charge is 0.397 e. The van der Waals surface area contributed by atoms with Gasteiger partial charge in [0.2, 0.25) is 0 Å². The topological polar surface area (TPSA) is 80.9 Å². The van der Waals surface area contributed by atoms with Crippen molar-refractivity contribution in [1.82, 2.24) is 9.97 Å². The second-order valence-electron chi connectivity index (χ2n) is 7.35. The van der Waals surface area contributed by atoms with Crippen LogP contribution in [0, 0.1) is 5.82 Å². The number of nitrogen functional groups attached to an aromatic ring is 1. The van der Waals surface area contributed by atoms with Crippen molar-refractivity contribution in [2.24, 2.45) is 0 Å². The Hall–Kier alpha value is -2.84. The number of hydrogen-bond acceptors (Lipinski definition) is 6. The number of rotatable bonds is 3. The molecule has 3 heterocycles. The Morgan fingerprint density at radius 2 is 1.90 bits per heavy atom. The molecular weight excluding hydrogens is 419 g/mol. The van der Waals surface area contributed by atoms with E-state index in [4.69, 9.17) is 10.7 Å². The Bertz CT molecular complexity index is 1250.